The van der Waals surface area contributed by atoms with Crippen LogP contribution in [-0.2, 0) is 6.42 Å². The highest BCUT2D eigenvalue weighted by Crippen LogP contribution is 2.33. The molecule has 13 heavy (non-hydrogen) atoms. The number of aryl methyl sites for hydroxylation is 1. The summed E-state index contributed by atoms with van der Waals surface area (Å²) in [7, 11) is 0. The predicted octanol–water partition coefficient (Wildman–Crippen LogP) is 1.75. The Morgan fingerprint density at radius 1 is 1.54 bits per heavy atom. The molecule has 2 nitrogen and oxygen atoms in total. The number of fused-ring (bicyclic) bond motifs is 1. The van der Waals surface area contributed by atoms with E-state index < -0.39 is 0 Å². The molecular weight excluding hydrogens is 162 g/mol. The fourth-order valence-electron chi connectivity index (χ4n) is 1.97. The highest BCUT2D eigenvalue weighted by molar-refractivity contribution is 5.63. The maximum atomic E-state index is 9.14. The van der Waals surface area contributed by atoms with Gasteiger partial charge in [0.1, 0.15) is 0 Å². The first kappa shape index (κ1) is 8.57. The van der Waals surface area contributed by atoms with Crippen molar-refractivity contribution in [2.24, 2.45) is 0 Å². The Balaban J connectivity index is 2.43. The Kier molecular flexibility index (Phi) is 2.23. The van der Waals surface area contributed by atoms with E-state index in [1.165, 1.54) is 16.8 Å². The van der Waals surface area contributed by atoms with Crippen LogP contribution in [0.15, 0.2) is 18.2 Å². The second kappa shape index (κ2) is 3.38. The number of hydrogen-bond acceptors (Lipinski definition) is 2. The topological polar surface area (TPSA) is 32.3 Å². The van der Waals surface area contributed by atoms with Gasteiger partial charge in [-0.15, -0.1) is 0 Å². The van der Waals surface area contributed by atoms with E-state index in [1.807, 2.05) is 0 Å². The van der Waals surface area contributed by atoms with Crippen LogP contribution in [0.25, 0.3) is 0 Å². The van der Waals surface area contributed by atoms with Crippen molar-refractivity contribution in [3.05, 3.63) is 29.3 Å². The van der Waals surface area contributed by atoms with Gasteiger partial charge in [0.2, 0.25) is 0 Å². The van der Waals surface area contributed by atoms with E-state index in [2.05, 4.69) is 30.4 Å². The van der Waals surface area contributed by atoms with Gasteiger partial charge in [0.05, 0.1) is 6.61 Å². The molecule has 1 aliphatic heterocycles. The molecule has 2 heteroatoms. The first-order chi connectivity index (χ1) is 6.36. The summed E-state index contributed by atoms with van der Waals surface area (Å²) in [4.78, 5) is 0. The van der Waals surface area contributed by atoms with E-state index in [0.29, 0.717) is 5.92 Å². The molecule has 1 aromatic carbocycles. The molecule has 0 radical (unpaired) electrons. The van der Waals surface area contributed by atoms with Crippen molar-refractivity contribution in [2.45, 2.75) is 19.3 Å². The van der Waals surface area contributed by atoms with E-state index in [0.717, 1.165) is 13.0 Å². The van der Waals surface area contributed by atoms with Gasteiger partial charge < -0.3 is 10.4 Å². The van der Waals surface area contributed by atoms with Crippen LogP contribution in [0, 0.1) is 0 Å². The average Bonchev–Trinajstić information content (AvgIpc) is 2.60. The zero-order valence-electron chi connectivity index (χ0n) is 7.88. The molecule has 0 amide bonds. The first-order valence-corrected chi connectivity index (χ1v) is 4.83. The average molecular weight is 177 g/mol. The van der Waals surface area contributed by atoms with Gasteiger partial charge in [-0.2, -0.15) is 0 Å². The molecule has 0 aliphatic carbocycles. The van der Waals surface area contributed by atoms with Crippen LogP contribution in [0.2, 0.25) is 0 Å². The van der Waals surface area contributed by atoms with Gasteiger partial charge in [-0.25, -0.2) is 0 Å². The minimum Gasteiger partial charge on any atom is -0.396 e. The molecule has 0 spiro atoms. The van der Waals surface area contributed by atoms with Gasteiger partial charge in [-0.1, -0.05) is 25.1 Å². The fourth-order valence-corrected chi connectivity index (χ4v) is 1.97. The summed E-state index contributed by atoms with van der Waals surface area (Å²) in [5.41, 5.74) is 3.89. The van der Waals surface area contributed by atoms with Crippen molar-refractivity contribution in [1.29, 1.82) is 0 Å². The van der Waals surface area contributed by atoms with Crippen LogP contribution in [0.1, 0.15) is 24.0 Å². The summed E-state index contributed by atoms with van der Waals surface area (Å²) in [6, 6.07) is 6.33. The second-order valence-corrected chi connectivity index (χ2v) is 3.50. The summed E-state index contributed by atoms with van der Waals surface area (Å²) in [5, 5.41) is 12.5. The monoisotopic (exact) mass is 177 g/mol. The fraction of sp³-hybridized carbons (Fsp3) is 0.455. The Bertz CT molecular complexity index is 309. The predicted molar refractivity (Wildman–Crippen MR) is 54.1 cm³/mol. The summed E-state index contributed by atoms with van der Waals surface area (Å²) in [6.07, 6.45) is 1.05. The normalized spacial score (nSPS) is 19.7. The van der Waals surface area contributed by atoms with E-state index in [1.54, 1.807) is 0 Å². The SMILES string of the molecule is CCc1cccc2c1NCC2CO. The van der Waals surface area contributed by atoms with Gasteiger partial charge >= 0.3 is 0 Å². The van der Waals surface area contributed by atoms with Crippen LogP contribution in [-0.4, -0.2) is 18.3 Å². The number of anilines is 1. The van der Waals surface area contributed by atoms with Crippen molar-refractivity contribution in [1.82, 2.24) is 0 Å². The number of rotatable bonds is 2. The van der Waals surface area contributed by atoms with Crippen molar-refractivity contribution < 1.29 is 5.11 Å². The summed E-state index contributed by atoms with van der Waals surface area (Å²) >= 11 is 0. The lowest BCUT2D eigenvalue weighted by Gasteiger charge is -2.07. The smallest absolute Gasteiger partial charge is 0.0517 e. The zero-order chi connectivity index (χ0) is 9.26. The maximum Gasteiger partial charge on any atom is 0.0517 e. The molecule has 0 saturated heterocycles. The molecule has 1 unspecified atom stereocenters. The van der Waals surface area contributed by atoms with Gasteiger partial charge in [0, 0.05) is 18.2 Å². The van der Waals surface area contributed by atoms with Gasteiger partial charge in [0.15, 0.2) is 0 Å². The van der Waals surface area contributed by atoms with Crippen molar-refractivity contribution >= 4 is 5.69 Å². The van der Waals surface area contributed by atoms with Crippen molar-refractivity contribution in [2.75, 3.05) is 18.5 Å². The molecular formula is C11H15NO. The summed E-state index contributed by atoms with van der Waals surface area (Å²) < 4.78 is 0. The zero-order valence-corrected chi connectivity index (χ0v) is 7.88. The molecule has 2 N–H and O–H groups in total. The third kappa shape index (κ3) is 1.31. The number of hydrogen-bond donors (Lipinski definition) is 2. The van der Waals surface area contributed by atoms with Crippen molar-refractivity contribution in [3.8, 4) is 0 Å². The number of para-hydroxylation sites is 1. The van der Waals surface area contributed by atoms with E-state index in [4.69, 9.17) is 5.11 Å². The molecule has 0 aromatic heterocycles. The van der Waals surface area contributed by atoms with Gasteiger partial charge in [0.25, 0.3) is 0 Å². The summed E-state index contributed by atoms with van der Waals surface area (Å²) in [5.74, 6) is 0.293. The molecule has 1 aromatic rings. The molecule has 0 bridgehead atoms. The molecule has 70 valence electrons. The third-order valence-corrected chi connectivity index (χ3v) is 2.75. The molecule has 0 fully saturated rings. The Morgan fingerprint density at radius 3 is 3.08 bits per heavy atom. The molecule has 2 rings (SSSR count). The van der Waals surface area contributed by atoms with Crippen LogP contribution in [0.3, 0.4) is 0 Å². The molecule has 1 heterocycles. The van der Waals surface area contributed by atoms with E-state index in [-0.39, 0.29) is 6.61 Å². The Hall–Kier alpha value is -1.02. The second-order valence-electron chi connectivity index (χ2n) is 3.50. The highest BCUT2D eigenvalue weighted by Gasteiger charge is 2.22. The summed E-state index contributed by atoms with van der Waals surface area (Å²) in [6.45, 7) is 3.28. The van der Waals surface area contributed by atoms with E-state index >= 15 is 0 Å². The Morgan fingerprint density at radius 2 is 2.38 bits per heavy atom. The standard InChI is InChI=1S/C11H15NO/c1-2-8-4-3-5-10-9(7-13)6-12-11(8)10/h3-5,9,12-13H,2,6-7H2,1H3. The lowest BCUT2D eigenvalue weighted by Crippen LogP contribution is -2.05. The first-order valence-electron chi connectivity index (χ1n) is 4.83. The quantitative estimate of drug-likeness (QED) is 0.721. The van der Waals surface area contributed by atoms with Gasteiger partial charge in [-0.05, 0) is 17.5 Å². The van der Waals surface area contributed by atoms with Gasteiger partial charge in [-0.3, -0.25) is 0 Å². The number of nitrogens with one attached hydrogen (secondary N) is 1. The third-order valence-electron chi connectivity index (χ3n) is 2.75. The lowest BCUT2D eigenvalue weighted by atomic mass is 9.99. The molecule has 1 atom stereocenters. The largest absolute Gasteiger partial charge is 0.396 e. The molecule has 1 aliphatic rings. The maximum absolute atomic E-state index is 9.14. The number of aliphatic hydroxyl groups excluding tert-OH is 1. The lowest BCUT2D eigenvalue weighted by molar-refractivity contribution is 0.273. The minimum atomic E-state index is 0.243. The Labute approximate surface area is 78.6 Å². The minimum absolute atomic E-state index is 0.243. The van der Waals surface area contributed by atoms with Crippen LogP contribution in [0.4, 0.5) is 5.69 Å². The van der Waals surface area contributed by atoms with E-state index in [9.17, 15) is 0 Å². The van der Waals surface area contributed by atoms with Crippen LogP contribution < -0.4 is 5.32 Å². The van der Waals surface area contributed by atoms with Crippen LogP contribution >= 0.6 is 0 Å². The van der Waals surface area contributed by atoms with Crippen LogP contribution in [0.5, 0.6) is 0 Å². The molecule has 0 saturated carbocycles. The number of aliphatic hydroxyl groups is 1. The number of benzene rings is 1. The van der Waals surface area contributed by atoms with Crippen molar-refractivity contribution in [3.63, 3.8) is 0 Å². The highest BCUT2D eigenvalue weighted by atomic mass is 16.3.